The van der Waals surface area contributed by atoms with Crippen molar-refractivity contribution in [2.45, 2.75) is 52.6 Å². The smallest absolute Gasteiger partial charge is 0.239 e. The van der Waals surface area contributed by atoms with Crippen LogP contribution in [0.5, 0.6) is 0 Å². The Hall–Kier alpha value is -2.69. The van der Waals surface area contributed by atoms with E-state index in [-0.39, 0.29) is 18.3 Å². The number of benzene rings is 1. The zero-order chi connectivity index (χ0) is 21.8. The van der Waals surface area contributed by atoms with Crippen molar-refractivity contribution in [2.75, 3.05) is 25.0 Å². The first-order valence-electron chi connectivity index (χ1n) is 10.5. The first-order chi connectivity index (χ1) is 14.3. The first kappa shape index (κ1) is 22.0. The van der Waals surface area contributed by atoms with Gasteiger partial charge in [-0.3, -0.25) is 14.3 Å². The first-order valence-corrected chi connectivity index (χ1v) is 10.5. The zero-order valence-electron chi connectivity index (χ0n) is 18.1. The Kier molecular flexibility index (Phi) is 6.91. The molecular formula is C23H30FN5O. The molecule has 1 saturated heterocycles. The second-order valence-corrected chi connectivity index (χ2v) is 8.28. The lowest BCUT2D eigenvalue weighted by Gasteiger charge is -2.33. The number of nitrogens with zero attached hydrogens (tertiary/aromatic N) is 3. The van der Waals surface area contributed by atoms with E-state index in [2.05, 4.69) is 35.5 Å². The van der Waals surface area contributed by atoms with Crippen molar-refractivity contribution in [1.82, 2.24) is 14.8 Å². The van der Waals surface area contributed by atoms with Crippen molar-refractivity contribution >= 4 is 11.7 Å². The van der Waals surface area contributed by atoms with Gasteiger partial charge in [-0.1, -0.05) is 13.8 Å². The molecule has 1 amide bonds. The molecule has 0 atom stereocenters. The van der Waals surface area contributed by atoms with Crippen molar-refractivity contribution in [3.05, 3.63) is 46.9 Å². The minimum atomic E-state index is -0.332. The second kappa shape index (κ2) is 9.41. The third kappa shape index (κ3) is 4.89. The van der Waals surface area contributed by atoms with Crippen molar-refractivity contribution in [3.63, 3.8) is 0 Å². The van der Waals surface area contributed by atoms with Crippen LogP contribution in [-0.4, -0.2) is 47.1 Å². The van der Waals surface area contributed by atoms with Crippen molar-refractivity contribution in [1.29, 1.82) is 5.26 Å². The van der Waals surface area contributed by atoms with Gasteiger partial charge in [0.15, 0.2) is 0 Å². The third-order valence-electron chi connectivity index (χ3n) is 5.69. The van der Waals surface area contributed by atoms with Gasteiger partial charge in [0.25, 0.3) is 0 Å². The second-order valence-electron chi connectivity index (χ2n) is 8.28. The SMILES string of the molecule is Cc1c(C#N)c(NC(=O)CN2CCC(NC(C)C)CC2)n(-c2ccc(F)cc2)c1C. The summed E-state index contributed by atoms with van der Waals surface area (Å²) in [5.74, 6) is -0.0372. The Morgan fingerprint density at radius 2 is 1.87 bits per heavy atom. The van der Waals surface area contributed by atoms with E-state index in [4.69, 9.17) is 0 Å². The Morgan fingerprint density at radius 3 is 2.43 bits per heavy atom. The highest BCUT2D eigenvalue weighted by Crippen LogP contribution is 2.30. The summed E-state index contributed by atoms with van der Waals surface area (Å²) in [5, 5.41) is 16.2. The standard InChI is InChI=1S/C23H30FN5O/c1-15(2)26-19-9-11-28(12-10-19)14-22(30)27-23-21(13-25)16(3)17(4)29(23)20-7-5-18(24)6-8-20/h5-8,15,19,26H,9-12,14H2,1-4H3,(H,27,30). The van der Waals surface area contributed by atoms with Gasteiger partial charge in [0, 0.05) is 36.6 Å². The number of hydrogen-bond acceptors (Lipinski definition) is 4. The van der Waals surface area contributed by atoms with E-state index < -0.39 is 0 Å². The Morgan fingerprint density at radius 1 is 1.23 bits per heavy atom. The lowest BCUT2D eigenvalue weighted by Crippen LogP contribution is -2.46. The molecule has 0 bridgehead atoms. The maximum Gasteiger partial charge on any atom is 0.239 e. The van der Waals surface area contributed by atoms with Gasteiger partial charge in [-0.2, -0.15) is 5.26 Å². The van der Waals surface area contributed by atoms with Crippen LogP contribution in [0.2, 0.25) is 0 Å². The summed E-state index contributed by atoms with van der Waals surface area (Å²) in [4.78, 5) is 15.0. The van der Waals surface area contributed by atoms with Crippen molar-refractivity contribution < 1.29 is 9.18 Å². The molecule has 1 fully saturated rings. The molecule has 2 N–H and O–H groups in total. The van der Waals surface area contributed by atoms with E-state index in [0.29, 0.717) is 29.2 Å². The van der Waals surface area contributed by atoms with Crippen LogP contribution >= 0.6 is 0 Å². The fraction of sp³-hybridized carbons (Fsp3) is 0.478. The number of rotatable bonds is 6. The summed E-state index contributed by atoms with van der Waals surface area (Å²) < 4.78 is 15.2. The summed E-state index contributed by atoms with van der Waals surface area (Å²) in [6, 6.07) is 9.19. The van der Waals surface area contributed by atoms with Gasteiger partial charge in [-0.25, -0.2) is 4.39 Å². The molecule has 2 aromatic rings. The number of nitrogens with one attached hydrogen (secondary N) is 2. The predicted octanol–water partition coefficient (Wildman–Crippen LogP) is 3.51. The minimum Gasteiger partial charge on any atom is -0.312 e. The fourth-order valence-corrected chi connectivity index (χ4v) is 4.08. The summed E-state index contributed by atoms with van der Waals surface area (Å²) in [7, 11) is 0. The van der Waals surface area contributed by atoms with Gasteiger partial charge in [0.1, 0.15) is 17.7 Å². The number of hydrogen-bond donors (Lipinski definition) is 2. The number of likely N-dealkylation sites (tertiary alicyclic amines) is 1. The molecule has 1 aromatic carbocycles. The molecule has 6 nitrogen and oxygen atoms in total. The number of halogens is 1. The van der Waals surface area contributed by atoms with E-state index in [1.54, 1.807) is 12.1 Å². The van der Waals surface area contributed by atoms with Gasteiger partial charge in [-0.05, 0) is 56.5 Å². The predicted molar refractivity (Wildman–Crippen MR) is 116 cm³/mol. The maximum absolute atomic E-state index is 13.4. The van der Waals surface area contributed by atoms with Crippen LogP contribution in [0, 0.1) is 31.0 Å². The summed E-state index contributed by atoms with van der Waals surface area (Å²) in [6.07, 6.45) is 2.03. The Balaban J connectivity index is 1.75. The van der Waals surface area contributed by atoms with Crippen LogP contribution < -0.4 is 10.6 Å². The quantitative estimate of drug-likeness (QED) is 0.763. The van der Waals surface area contributed by atoms with Crippen LogP contribution in [0.3, 0.4) is 0 Å². The van der Waals surface area contributed by atoms with Crippen molar-refractivity contribution in [2.24, 2.45) is 0 Å². The number of nitriles is 1. The highest BCUT2D eigenvalue weighted by Gasteiger charge is 2.24. The highest BCUT2D eigenvalue weighted by atomic mass is 19.1. The fourth-order valence-electron chi connectivity index (χ4n) is 4.08. The van der Waals surface area contributed by atoms with Crippen molar-refractivity contribution in [3.8, 4) is 11.8 Å². The number of carbonyl (C=O) groups is 1. The lowest BCUT2D eigenvalue weighted by molar-refractivity contribution is -0.117. The molecule has 0 radical (unpaired) electrons. The Bertz CT molecular complexity index is 934. The largest absolute Gasteiger partial charge is 0.312 e. The molecule has 3 rings (SSSR count). The number of aromatic nitrogens is 1. The Labute approximate surface area is 177 Å². The third-order valence-corrected chi connectivity index (χ3v) is 5.69. The van der Waals surface area contributed by atoms with E-state index >= 15 is 0 Å². The molecule has 1 aromatic heterocycles. The molecule has 0 saturated carbocycles. The van der Waals surface area contributed by atoms with Gasteiger partial charge in [0.2, 0.25) is 5.91 Å². The van der Waals surface area contributed by atoms with Gasteiger partial charge in [-0.15, -0.1) is 0 Å². The van der Waals surface area contributed by atoms with E-state index in [1.165, 1.54) is 12.1 Å². The lowest BCUT2D eigenvalue weighted by atomic mass is 10.0. The van der Waals surface area contributed by atoms with E-state index in [9.17, 15) is 14.4 Å². The zero-order valence-corrected chi connectivity index (χ0v) is 18.1. The van der Waals surface area contributed by atoms with Gasteiger partial charge >= 0.3 is 0 Å². The van der Waals surface area contributed by atoms with Crippen LogP contribution in [0.1, 0.15) is 43.5 Å². The molecule has 1 aliphatic rings. The van der Waals surface area contributed by atoms with Gasteiger partial charge < -0.3 is 10.6 Å². The molecule has 0 aliphatic carbocycles. The number of amides is 1. The number of anilines is 1. The molecular weight excluding hydrogens is 381 g/mol. The summed E-state index contributed by atoms with van der Waals surface area (Å²) >= 11 is 0. The molecule has 2 heterocycles. The molecule has 0 spiro atoms. The van der Waals surface area contributed by atoms with Crippen LogP contribution in [0.25, 0.3) is 5.69 Å². The average Bonchev–Trinajstić information content (AvgIpc) is 2.93. The normalized spacial score (nSPS) is 15.4. The molecule has 30 heavy (non-hydrogen) atoms. The number of carbonyl (C=O) groups excluding carboxylic acids is 1. The molecule has 7 heteroatoms. The monoisotopic (exact) mass is 411 g/mol. The van der Waals surface area contributed by atoms with Crippen LogP contribution in [-0.2, 0) is 4.79 Å². The minimum absolute atomic E-state index is 0.150. The van der Waals surface area contributed by atoms with Gasteiger partial charge in [0.05, 0.1) is 12.1 Å². The maximum atomic E-state index is 13.4. The highest BCUT2D eigenvalue weighted by molar-refractivity contribution is 5.93. The topological polar surface area (TPSA) is 73.1 Å². The van der Waals surface area contributed by atoms with E-state index in [0.717, 1.165) is 37.2 Å². The average molecular weight is 412 g/mol. The van der Waals surface area contributed by atoms with Crippen LogP contribution in [0.15, 0.2) is 24.3 Å². The summed E-state index contributed by atoms with van der Waals surface area (Å²) in [6.45, 7) is 10.0. The van der Waals surface area contributed by atoms with E-state index in [1.807, 2.05) is 18.4 Å². The number of piperidine rings is 1. The molecule has 160 valence electrons. The molecule has 1 aliphatic heterocycles. The van der Waals surface area contributed by atoms with Crippen LogP contribution in [0.4, 0.5) is 10.2 Å². The summed E-state index contributed by atoms with van der Waals surface area (Å²) in [5.41, 5.74) is 2.78. The molecule has 0 unspecified atom stereocenters.